The largest absolute Gasteiger partial charge is 0.340 e. The minimum absolute atomic E-state index is 0.0884. The number of anilines is 1. The second kappa shape index (κ2) is 8.75. The van der Waals surface area contributed by atoms with Crippen LogP contribution in [0.2, 0.25) is 0 Å². The molecule has 1 heterocycles. The number of nitrogens with one attached hydrogen (secondary N) is 2. The molecule has 0 saturated heterocycles. The summed E-state index contributed by atoms with van der Waals surface area (Å²) < 4.78 is 0. The fourth-order valence-corrected chi connectivity index (χ4v) is 3.49. The molecule has 3 rings (SSSR count). The van der Waals surface area contributed by atoms with Crippen LogP contribution in [0.15, 0.2) is 54.6 Å². The van der Waals surface area contributed by atoms with Gasteiger partial charge in [-0.1, -0.05) is 73.7 Å². The predicted molar refractivity (Wildman–Crippen MR) is 111 cm³/mol. The van der Waals surface area contributed by atoms with E-state index in [1.54, 1.807) is 12.1 Å². The Hall–Kier alpha value is -3.06. The van der Waals surface area contributed by atoms with Crippen molar-refractivity contribution in [2.75, 3.05) is 5.32 Å². The first-order chi connectivity index (χ1) is 13.5. The molecule has 6 nitrogen and oxygen atoms in total. The monoisotopic (exact) mass is 394 g/mol. The highest BCUT2D eigenvalue weighted by Crippen LogP contribution is 2.26. The fourth-order valence-electron chi connectivity index (χ4n) is 2.74. The quantitative estimate of drug-likeness (QED) is 0.664. The van der Waals surface area contributed by atoms with Crippen molar-refractivity contribution in [3.8, 4) is 10.6 Å². The zero-order chi connectivity index (χ0) is 20.1. The zero-order valence-electron chi connectivity index (χ0n) is 16.0. The van der Waals surface area contributed by atoms with Crippen LogP contribution in [0.4, 0.5) is 5.13 Å². The highest BCUT2D eigenvalue weighted by Gasteiger charge is 2.26. The lowest BCUT2D eigenvalue weighted by atomic mass is 10.0. The summed E-state index contributed by atoms with van der Waals surface area (Å²) in [5, 5.41) is 14.9. The molecule has 1 aromatic heterocycles. The van der Waals surface area contributed by atoms with E-state index in [1.807, 2.05) is 63.2 Å². The molecule has 0 fully saturated rings. The molecule has 2 aromatic carbocycles. The average molecular weight is 395 g/mol. The maximum Gasteiger partial charge on any atom is 0.252 e. The van der Waals surface area contributed by atoms with Gasteiger partial charge in [0.05, 0.1) is 0 Å². The lowest BCUT2D eigenvalue weighted by Gasteiger charge is -2.21. The lowest BCUT2D eigenvalue weighted by Crippen LogP contribution is -2.47. The van der Waals surface area contributed by atoms with Gasteiger partial charge in [0.1, 0.15) is 11.0 Å². The topological polar surface area (TPSA) is 84.0 Å². The summed E-state index contributed by atoms with van der Waals surface area (Å²) in [5.41, 5.74) is 2.36. The molecule has 2 N–H and O–H groups in total. The first-order valence-corrected chi connectivity index (χ1v) is 9.83. The molecule has 0 unspecified atom stereocenters. The third kappa shape index (κ3) is 4.61. The van der Waals surface area contributed by atoms with Crippen LogP contribution < -0.4 is 10.6 Å². The molecular formula is C21H22N4O2S. The van der Waals surface area contributed by atoms with Gasteiger partial charge in [-0.05, 0) is 24.5 Å². The maximum atomic E-state index is 12.8. The normalized spacial score (nSPS) is 11.9. The van der Waals surface area contributed by atoms with Crippen molar-refractivity contribution >= 4 is 28.3 Å². The SMILES string of the molecule is Cc1ccccc1C(=O)N[C@@H](C(=O)Nc1nnc(-c2ccccc2)s1)C(C)C. The van der Waals surface area contributed by atoms with Crippen LogP contribution in [0.3, 0.4) is 0 Å². The highest BCUT2D eigenvalue weighted by atomic mass is 32.1. The van der Waals surface area contributed by atoms with Gasteiger partial charge in [-0.2, -0.15) is 0 Å². The first-order valence-electron chi connectivity index (χ1n) is 9.02. The van der Waals surface area contributed by atoms with E-state index in [0.717, 1.165) is 16.1 Å². The number of benzene rings is 2. The first kappa shape index (κ1) is 19.7. The number of hydrogen-bond donors (Lipinski definition) is 2. The summed E-state index contributed by atoms with van der Waals surface area (Å²) >= 11 is 1.29. The van der Waals surface area contributed by atoms with E-state index in [0.29, 0.717) is 10.7 Å². The Morgan fingerprint density at radius 3 is 2.32 bits per heavy atom. The Labute approximate surface area is 168 Å². The van der Waals surface area contributed by atoms with Crippen LogP contribution in [0.1, 0.15) is 29.8 Å². The van der Waals surface area contributed by atoms with E-state index >= 15 is 0 Å². The van der Waals surface area contributed by atoms with Crippen molar-refractivity contribution in [3.05, 3.63) is 65.7 Å². The van der Waals surface area contributed by atoms with Crippen molar-refractivity contribution in [2.45, 2.75) is 26.8 Å². The molecule has 0 radical (unpaired) electrons. The number of carbonyl (C=O) groups excluding carboxylic acids is 2. The van der Waals surface area contributed by atoms with E-state index in [4.69, 9.17) is 0 Å². The number of aromatic nitrogens is 2. The molecular weight excluding hydrogens is 372 g/mol. The highest BCUT2D eigenvalue weighted by molar-refractivity contribution is 7.18. The molecule has 0 spiro atoms. The number of carbonyl (C=O) groups is 2. The predicted octanol–water partition coefficient (Wildman–Crippen LogP) is 3.91. The summed E-state index contributed by atoms with van der Waals surface area (Å²) in [6.07, 6.45) is 0. The minimum Gasteiger partial charge on any atom is -0.340 e. The van der Waals surface area contributed by atoms with Crippen LogP contribution in [-0.2, 0) is 4.79 Å². The molecule has 3 aromatic rings. The molecule has 1 atom stereocenters. The smallest absolute Gasteiger partial charge is 0.252 e. The molecule has 0 saturated carbocycles. The molecule has 0 aliphatic carbocycles. The van der Waals surface area contributed by atoms with E-state index in [9.17, 15) is 9.59 Å². The van der Waals surface area contributed by atoms with Crippen molar-refractivity contribution in [3.63, 3.8) is 0 Å². The number of hydrogen-bond acceptors (Lipinski definition) is 5. The van der Waals surface area contributed by atoms with Crippen LogP contribution in [0, 0.1) is 12.8 Å². The van der Waals surface area contributed by atoms with Crippen LogP contribution >= 0.6 is 11.3 Å². The van der Waals surface area contributed by atoms with Gasteiger partial charge in [-0.25, -0.2) is 0 Å². The zero-order valence-corrected chi connectivity index (χ0v) is 16.8. The summed E-state index contributed by atoms with van der Waals surface area (Å²) in [7, 11) is 0. The second-order valence-electron chi connectivity index (χ2n) is 6.78. The summed E-state index contributed by atoms with van der Waals surface area (Å²) in [4.78, 5) is 25.4. The molecule has 2 amide bonds. The van der Waals surface area contributed by atoms with Crippen molar-refractivity contribution < 1.29 is 9.59 Å². The van der Waals surface area contributed by atoms with Crippen molar-refractivity contribution in [1.29, 1.82) is 0 Å². The Bertz CT molecular complexity index is 969. The van der Waals surface area contributed by atoms with Gasteiger partial charge >= 0.3 is 0 Å². The molecule has 7 heteroatoms. The van der Waals surface area contributed by atoms with E-state index in [-0.39, 0.29) is 17.7 Å². The fraction of sp³-hybridized carbons (Fsp3) is 0.238. The summed E-state index contributed by atoms with van der Waals surface area (Å²) in [6, 6.07) is 16.3. The number of rotatable bonds is 6. The van der Waals surface area contributed by atoms with Gasteiger partial charge < -0.3 is 5.32 Å². The summed E-state index contributed by atoms with van der Waals surface area (Å²) in [6.45, 7) is 5.64. The maximum absolute atomic E-state index is 12.8. The minimum atomic E-state index is -0.684. The van der Waals surface area contributed by atoms with E-state index in [2.05, 4.69) is 20.8 Å². The Balaban J connectivity index is 1.71. The Morgan fingerprint density at radius 1 is 0.964 bits per heavy atom. The van der Waals surface area contributed by atoms with Crippen LogP contribution in [0.25, 0.3) is 10.6 Å². The van der Waals surface area contributed by atoms with Gasteiger partial charge in [-0.3, -0.25) is 14.9 Å². The average Bonchev–Trinajstić information content (AvgIpc) is 3.15. The molecule has 28 heavy (non-hydrogen) atoms. The Kier molecular flexibility index (Phi) is 6.16. The van der Waals surface area contributed by atoms with Crippen LogP contribution in [-0.4, -0.2) is 28.1 Å². The number of amides is 2. The van der Waals surface area contributed by atoms with Crippen molar-refractivity contribution in [2.24, 2.45) is 5.92 Å². The van der Waals surface area contributed by atoms with E-state index in [1.165, 1.54) is 11.3 Å². The molecule has 0 aliphatic heterocycles. The van der Waals surface area contributed by atoms with Gasteiger partial charge in [-0.15, -0.1) is 10.2 Å². The van der Waals surface area contributed by atoms with Gasteiger partial charge in [0.25, 0.3) is 5.91 Å². The second-order valence-corrected chi connectivity index (χ2v) is 7.76. The third-order valence-electron chi connectivity index (χ3n) is 4.30. The van der Waals surface area contributed by atoms with Gasteiger partial charge in [0.15, 0.2) is 0 Å². The Morgan fingerprint density at radius 2 is 1.64 bits per heavy atom. The number of nitrogens with zero attached hydrogens (tertiary/aromatic N) is 2. The standard InChI is InChI=1S/C21H22N4O2S/c1-13(2)17(22-18(26)16-12-8-7-9-14(16)3)19(27)23-21-25-24-20(28-21)15-10-5-4-6-11-15/h4-13,17H,1-3H3,(H,22,26)(H,23,25,27)/t17-/m1/s1. The molecule has 0 aliphatic rings. The third-order valence-corrected chi connectivity index (χ3v) is 5.19. The summed E-state index contributed by atoms with van der Waals surface area (Å²) in [5.74, 6) is -0.670. The number of aryl methyl sites for hydroxylation is 1. The molecule has 144 valence electrons. The lowest BCUT2D eigenvalue weighted by molar-refractivity contribution is -0.118. The van der Waals surface area contributed by atoms with Gasteiger partial charge in [0, 0.05) is 11.1 Å². The van der Waals surface area contributed by atoms with Crippen LogP contribution in [0.5, 0.6) is 0 Å². The van der Waals surface area contributed by atoms with Crippen molar-refractivity contribution in [1.82, 2.24) is 15.5 Å². The van der Waals surface area contributed by atoms with E-state index < -0.39 is 6.04 Å². The molecule has 0 bridgehead atoms. The van der Waals surface area contributed by atoms with Gasteiger partial charge in [0.2, 0.25) is 11.0 Å².